The van der Waals surface area contributed by atoms with E-state index in [0.717, 1.165) is 23.7 Å². The lowest BCUT2D eigenvalue weighted by atomic mass is 10.2. The van der Waals surface area contributed by atoms with Crippen molar-refractivity contribution < 1.29 is 19.0 Å². The van der Waals surface area contributed by atoms with Gasteiger partial charge in [0.15, 0.2) is 5.75 Å². The van der Waals surface area contributed by atoms with Gasteiger partial charge >= 0.3 is 6.09 Å². The minimum Gasteiger partial charge on any atom is -0.484 e. The third kappa shape index (κ3) is 7.46. The second-order valence-electron chi connectivity index (χ2n) is 9.10. The highest BCUT2D eigenvalue weighted by atomic mass is 79.9. The third-order valence-corrected chi connectivity index (χ3v) is 6.55. The molecule has 0 spiro atoms. The minimum absolute atomic E-state index is 0.0701. The van der Waals surface area contributed by atoms with Gasteiger partial charge in [-0.05, 0) is 42.7 Å². The van der Waals surface area contributed by atoms with Crippen LogP contribution in [0.1, 0.15) is 27.2 Å². The Labute approximate surface area is 171 Å². The first-order valence-electron chi connectivity index (χ1n) is 9.38. The molecular formula is C18H32BrN3O4Si. The average Bonchev–Trinajstić information content (AvgIpc) is 3.10. The van der Waals surface area contributed by atoms with Gasteiger partial charge in [0.2, 0.25) is 0 Å². The number of ether oxygens (including phenoxy) is 3. The Morgan fingerprint density at radius 3 is 2.70 bits per heavy atom. The molecule has 2 heterocycles. The molecule has 1 amide bonds. The molecule has 0 N–H and O–H groups in total. The van der Waals surface area contributed by atoms with E-state index in [4.69, 9.17) is 14.2 Å². The summed E-state index contributed by atoms with van der Waals surface area (Å²) in [6.07, 6.45) is 2.09. The van der Waals surface area contributed by atoms with Crippen molar-refractivity contribution in [2.45, 2.75) is 71.3 Å². The standard InChI is InChI=1S/C18H32BrN3O4Si/c1-18(2,3)26-17(23)21-8-7-14(12-21)25-15-11-20-22(16(15)19)13-24-9-10-27(4,5)6/h11,14H,7-10,12-13H2,1-6H3/t14-/m0/s1. The topological polar surface area (TPSA) is 65.8 Å². The molecule has 154 valence electrons. The fourth-order valence-corrected chi connectivity index (χ4v) is 3.69. The first-order chi connectivity index (χ1) is 12.4. The summed E-state index contributed by atoms with van der Waals surface area (Å²) >= 11 is 3.53. The number of likely N-dealkylation sites (tertiary alicyclic amines) is 1. The summed E-state index contributed by atoms with van der Waals surface area (Å²) in [5, 5.41) is 4.32. The van der Waals surface area contributed by atoms with Gasteiger partial charge in [-0.2, -0.15) is 5.10 Å². The van der Waals surface area contributed by atoms with Gasteiger partial charge in [-0.25, -0.2) is 9.48 Å². The molecular weight excluding hydrogens is 430 g/mol. The number of hydrogen-bond acceptors (Lipinski definition) is 5. The van der Waals surface area contributed by atoms with E-state index in [1.165, 1.54) is 0 Å². The molecule has 1 aliphatic rings. The van der Waals surface area contributed by atoms with E-state index >= 15 is 0 Å². The van der Waals surface area contributed by atoms with Crippen LogP contribution in [0.25, 0.3) is 0 Å². The Hall–Kier alpha value is -1.06. The largest absolute Gasteiger partial charge is 0.484 e. The smallest absolute Gasteiger partial charge is 0.410 e. The van der Waals surface area contributed by atoms with Crippen LogP contribution < -0.4 is 4.74 Å². The molecule has 1 aliphatic heterocycles. The zero-order valence-corrected chi connectivity index (χ0v) is 19.8. The lowest BCUT2D eigenvalue weighted by molar-refractivity contribution is 0.0275. The van der Waals surface area contributed by atoms with Crippen LogP contribution in [0.5, 0.6) is 5.75 Å². The zero-order chi connectivity index (χ0) is 20.2. The summed E-state index contributed by atoms with van der Waals surface area (Å²) < 4.78 is 19.7. The molecule has 1 saturated heterocycles. The molecule has 0 bridgehead atoms. The van der Waals surface area contributed by atoms with E-state index < -0.39 is 13.7 Å². The van der Waals surface area contributed by atoms with Gasteiger partial charge in [-0.3, -0.25) is 0 Å². The van der Waals surface area contributed by atoms with Gasteiger partial charge < -0.3 is 19.1 Å². The van der Waals surface area contributed by atoms with E-state index in [9.17, 15) is 4.79 Å². The fraction of sp³-hybridized carbons (Fsp3) is 0.778. The van der Waals surface area contributed by atoms with Crippen LogP contribution in [-0.4, -0.2) is 60.2 Å². The molecule has 0 aromatic carbocycles. The Kier molecular flexibility index (Phi) is 7.38. The summed E-state index contributed by atoms with van der Waals surface area (Å²) in [4.78, 5) is 13.8. The molecule has 1 aromatic rings. The molecule has 1 fully saturated rings. The van der Waals surface area contributed by atoms with Gasteiger partial charge in [0.1, 0.15) is 23.0 Å². The number of rotatable bonds is 7. The molecule has 0 saturated carbocycles. The first-order valence-corrected chi connectivity index (χ1v) is 13.9. The minimum atomic E-state index is -1.09. The van der Waals surface area contributed by atoms with Gasteiger partial charge in [-0.15, -0.1) is 0 Å². The van der Waals surface area contributed by atoms with E-state index in [1.54, 1.807) is 15.8 Å². The number of carbonyl (C=O) groups excluding carboxylic acids is 1. The highest BCUT2D eigenvalue weighted by Crippen LogP contribution is 2.28. The van der Waals surface area contributed by atoms with Crippen LogP contribution in [0.15, 0.2) is 10.8 Å². The number of hydrogen-bond donors (Lipinski definition) is 0. The highest BCUT2D eigenvalue weighted by molar-refractivity contribution is 9.10. The molecule has 9 heteroatoms. The van der Waals surface area contributed by atoms with Crippen molar-refractivity contribution in [1.82, 2.24) is 14.7 Å². The Morgan fingerprint density at radius 2 is 2.07 bits per heavy atom. The molecule has 7 nitrogen and oxygen atoms in total. The lowest BCUT2D eigenvalue weighted by Crippen LogP contribution is -2.36. The average molecular weight is 462 g/mol. The summed E-state index contributed by atoms with van der Waals surface area (Å²) in [5.41, 5.74) is -0.490. The molecule has 1 atom stereocenters. The molecule has 0 unspecified atom stereocenters. The van der Waals surface area contributed by atoms with Crippen molar-refractivity contribution in [3.8, 4) is 5.75 Å². The molecule has 2 rings (SSSR count). The van der Waals surface area contributed by atoms with Gasteiger partial charge in [0.05, 0.1) is 12.7 Å². The number of amides is 1. The van der Waals surface area contributed by atoms with Crippen LogP contribution in [0.2, 0.25) is 25.7 Å². The molecule has 0 radical (unpaired) electrons. The maximum Gasteiger partial charge on any atom is 0.410 e. The predicted molar refractivity (Wildman–Crippen MR) is 111 cm³/mol. The predicted octanol–water partition coefficient (Wildman–Crippen LogP) is 4.35. The Bertz CT molecular complexity index is 640. The van der Waals surface area contributed by atoms with Crippen molar-refractivity contribution in [3.05, 3.63) is 10.8 Å². The summed E-state index contributed by atoms with van der Waals surface area (Å²) in [6, 6.07) is 1.12. The van der Waals surface area contributed by atoms with Gasteiger partial charge in [0.25, 0.3) is 0 Å². The normalized spacial score (nSPS) is 18.0. The quantitative estimate of drug-likeness (QED) is 0.445. The SMILES string of the molecule is CC(C)(C)OC(=O)N1CC[C@H](Oc2cnn(COCC[Si](C)(C)C)c2Br)C1. The summed E-state index contributed by atoms with van der Waals surface area (Å²) in [5.74, 6) is 0.667. The highest BCUT2D eigenvalue weighted by Gasteiger charge is 2.31. The van der Waals surface area contributed by atoms with Gasteiger partial charge in [-0.1, -0.05) is 19.6 Å². The number of aromatic nitrogens is 2. The van der Waals surface area contributed by atoms with Crippen molar-refractivity contribution in [2.75, 3.05) is 19.7 Å². The number of nitrogens with zero attached hydrogens (tertiary/aromatic N) is 3. The third-order valence-electron chi connectivity index (χ3n) is 4.04. The van der Waals surface area contributed by atoms with Crippen LogP contribution in [0.3, 0.4) is 0 Å². The first kappa shape index (κ1) is 22.2. The van der Waals surface area contributed by atoms with E-state index in [2.05, 4.69) is 40.7 Å². The maximum atomic E-state index is 12.2. The second-order valence-corrected chi connectivity index (χ2v) is 15.5. The molecule has 1 aromatic heterocycles. The van der Waals surface area contributed by atoms with Crippen molar-refractivity contribution in [3.63, 3.8) is 0 Å². The van der Waals surface area contributed by atoms with Crippen LogP contribution >= 0.6 is 15.9 Å². The summed E-state index contributed by atoms with van der Waals surface area (Å²) in [6.45, 7) is 14.9. The number of carbonyl (C=O) groups is 1. The zero-order valence-electron chi connectivity index (χ0n) is 17.2. The lowest BCUT2D eigenvalue weighted by Gasteiger charge is -2.24. The fourth-order valence-electron chi connectivity index (χ4n) is 2.55. The van der Waals surface area contributed by atoms with Crippen molar-refractivity contribution in [2.24, 2.45) is 0 Å². The second kappa shape index (κ2) is 8.96. The van der Waals surface area contributed by atoms with Crippen molar-refractivity contribution >= 4 is 30.1 Å². The van der Waals surface area contributed by atoms with E-state index in [0.29, 0.717) is 25.6 Å². The van der Waals surface area contributed by atoms with Crippen LogP contribution in [-0.2, 0) is 16.2 Å². The van der Waals surface area contributed by atoms with E-state index in [-0.39, 0.29) is 12.2 Å². The molecule has 0 aliphatic carbocycles. The van der Waals surface area contributed by atoms with Crippen LogP contribution in [0, 0.1) is 0 Å². The maximum absolute atomic E-state index is 12.2. The van der Waals surface area contributed by atoms with Gasteiger partial charge in [0, 0.05) is 27.6 Å². The Balaban J connectivity index is 1.81. The summed E-state index contributed by atoms with van der Waals surface area (Å²) in [7, 11) is -1.09. The van der Waals surface area contributed by atoms with E-state index in [1.807, 2.05) is 20.8 Å². The monoisotopic (exact) mass is 461 g/mol. The molecule has 27 heavy (non-hydrogen) atoms. The Morgan fingerprint density at radius 1 is 1.37 bits per heavy atom. The van der Waals surface area contributed by atoms with Crippen molar-refractivity contribution in [1.29, 1.82) is 0 Å². The van der Waals surface area contributed by atoms with Crippen LogP contribution in [0.4, 0.5) is 4.79 Å². The number of halogens is 1.